The van der Waals surface area contributed by atoms with Crippen molar-refractivity contribution in [2.75, 3.05) is 12.0 Å². The quantitative estimate of drug-likeness (QED) is 0.344. The highest BCUT2D eigenvalue weighted by Gasteiger charge is 2.42. The molecule has 1 saturated heterocycles. The van der Waals surface area contributed by atoms with Crippen molar-refractivity contribution in [3.05, 3.63) is 114 Å². The molecule has 1 aliphatic rings. The second kappa shape index (κ2) is 8.88. The Morgan fingerprint density at radius 3 is 2.52 bits per heavy atom. The van der Waals surface area contributed by atoms with Gasteiger partial charge in [0.05, 0.1) is 24.4 Å². The monoisotopic (exact) mass is 454 g/mol. The summed E-state index contributed by atoms with van der Waals surface area (Å²) >= 11 is 5.80. The zero-order chi connectivity index (χ0) is 22.8. The van der Waals surface area contributed by atoms with Gasteiger partial charge in [-0.15, -0.1) is 0 Å². The number of hydrogen-bond acceptors (Lipinski definition) is 4. The number of rotatable bonds is 5. The van der Waals surface area contributed by atoms with E-state index in [9.17, 15) is 4.79 Å². The normalized spacial score (nSPS) is 17.6. The Hall–Kier alpha value is -3.97. The first kappa shape index (κ1) is 20.9. The molecule has 0 bridgehead atoms. The average Bonchev–Trinajstić information content (AvgIpc) is 3.49. The van der Waals surface area contributed by atoms with Crippen LogP contribution in [0.25, 0.3) is 5.69 Å². The summed E-state index contributed by atoms with van der Waals surface area (Å²) in [7, 11) is 1.39. The molecule has 0 amide bonds. The van der Waals surface area contributed by atoms with Gasteiger partial charge in [0.15, 0.2) is 5.11 Å². The van der Waals surface area contributed by atoms with E-state index in [0.717, 1.165) is 22.8 Å². The maximum Gasteiger partial charge on any atom is 0.337 e. The predicted octanol–water partition coefficient (Wildman–Crippen LogP) is 4.84. The second-order valence-electron chi connectivity index (χ2n) is 7.68. The van der Waals surface area contributed by atoms with Gasteiger partial charge >= 0.3 is 5.97 Å². The molecule has 1 aliphatic heterocycles. The van der Waals surface area contributed by atoms with Crippen molar-refractivity contribution in [3.8, 4) is 5.69 Å². The lowest BCUT2D eigenvalue weighted by atomic mass is 10.0. The number of nitrogens with one attached hydrogen (secondary N) is 1. The minimum Gasteiger partial charge on any atom is -0.465 e. The van der Waals surface area contributed by atoms with E-state index >= 15 is 0 Å². The van der Waals surface area contributed by atoms with E-state index in [-0.39, 0.29) is 18.1 Å². The summed E-state index contributed by atoms with van der Waals surface area (Å²) in [6.45, 7) is 0. The summed E-state index contributed by atoms with van der Waals surface area (Å²) in [4.78, 5) is 18.9. The van der Waals surface area contributed by atoms with Gasteiger partial charge in [0.2, 0.25) is 0 Å². The predicted molar refractivity (Wildman–Crippen MR) is 131 cm³/mol. The van der Waals surface area contributed by atoms with E-state index in [0.29, 0.717) is 10.7 Å². The number of pyridine rings is 1. The smallest absolute Gasteiger partial charge is 0.337 e. The molecule has 2 unspecified atom stereocenters. The highest BCUT2D eigenvalue weighted by Crippen LogP contribution is 2.42. The molecule has 5 rings (SSSR count). The zero-order valence-electron chi connectivity index (χ0n) is 18.0. The van der Waals surface area contributed by atoms with Crippen LogP contribution in [0.3, 0.4) is 0 Å². The van der Waals surface area contributed by atoms with Gasteiger partial charge in [-0.1, -0.05) is 30.3 Å². The van der Waals surface area contributed by atoms with Crippen LogP contribution >= 0.6 is 12.2 Å². The SMILES string of the molecule is COC(=O)c1cccc(-n2cccc2C2C(c3ccccn3)NC(=S)N2c2ccccc2)c1. The molecule has 7 heteroatoms. The summed E-state index contributed by atoms with van der Waals surface area (Å²) < 4.78 is 6.99. The van der Waals surface area contributed by atoms with Crippen molar-refractivity contribution >= 4 is 29.0 Å². The number of hydrogen-bond donors (Lipinski definition) is 1. The summed E-state index contributed by atoms with van der Waals surface area (Å²) in [5.74, 6) is -0.369. The number of methoxy groups -OCH3 is 1. The van der Waals surface area contributed by atoms with Gasteiger partial charge in [0.1, 0.15) is 6.04 Å². The van der Waals surface area contributed by atoms with Gasteiger partial charge < -0.3 is 19.5 Å². The lowest BCUT2D eigenvalue weighted by Gasteiger charge is -2.29. The number of aromatic nitrogens is 2. The molecule has 33 heavy (non-hydrogen) atoms. The minimum atomic E-state index is -0.369. The maximum atomic E-state index is 12.1. The summed E-state index contributed by atoms with van der Waals surface area (Å²) in [6.07, 6.45) is 3.78. The summed E-state index contributed by atoms with van der Waals surface area (Å²) in [5.41, 5.74) is 4.28. The first-order valence-electron chi connectivity index (χ1n) is 10.6. The molecule has 2 atom stereocenters. The van der Waals surface area contributed by atoms with Crippen LogP contribution in [0, 0.1) is 0 Å². The molecule has 164 valence electrons. The average molecular weight is 455 g/mol. The molecule has 0 saturated carbocycles. The number of carbonyl (C=O) groups excluding carboxylic acids is 1. The molecule has 6 nitrogen and oxygen atoms in total. The Balaban J connectivity index is 1.65. The Morgan fingerprint density at radius 1 is 0.970 bits per heavy atom. The molecule has 1 fully saturated rings. The van der Waals surface area contributed by atoms with E-state index in [2.05, 4.69) is 25.8 Å². The first-order chi connectivity index (χ1) is 16.2. The lowest BCUT2D eigenvalue weighted by Crippen LogP contribution is -2.30. The highest BCUT2D eigenvalue weighted by molar-refractivity contribution is 7.80. The fourth-order valence-corrected chi connectivity index (χ4v) is 4.64. The van der Waals surface area contributed by atoms with Gasteiger partial charge in [-0.05, 0) is 66.8 Å². The molecular weight excluding hydrogens is 432 g/mol. The van der Waals surface area contributed by atoms with Crippen LogP contribution in [-0.2, 0) is 4.74 Å². The van der Waals surface area contributed by atoms with Crippen LogP contribution in [-0.4, -0.2) is 27.7 Å². The van der Waals surface area contributed by atoms with Crippen molar-refractivity contribution < 1.29 is 9.53 Å². The fourth-order valence-electron chi connectivity index (χ4n) is 4.29. The van der Waals surface area contributed by atoms with E-state index in [4.69, 9.17) is 17.0 Å². The Bertz CT molecular complexity index is 1290. The lowest BCUT2D eigenvalue weighted by molar-refractivity contribution is 0.0600. The highest BCUT2D eigenvalue weighted by atomic mass is 32.1. The van der Waals surface area contributed by atoms with Crippen molar-refractivity contribution in [3.63, 3.8) is 0 Å². The van der Waals surface area contributed by atoms with Crippen LogP contribution < -0.4 is 10.2 Å². The van der Waals surface area contributed by atoms with Crippen molar-refractivity contribution in [1.82, 2.24) is 14.9 Å². The Morgan fingerprint density at radius 2 is 1.76 bits per heavy atom. The standard InChI is InChI=1S/C26H22N4O2S/c1-32-25(31)18-9-7-12-20(17-18)29-16-8-14-22(29)24-23(21-13-5-6-15-27-21)28-26(33)30(24)19-10-3-2-4-11-19/h2-17,23-24H,1H3,(H,28,33). The minimum absolute atomic E-state index is 0.156. The fraction of sp³-hybridized carbons (Fsp3) is 0.115. The summed E-state index contributed by atoms with van der Waals surface area (Å²) in [6, 6.07) is 27.2. The van der Waals surface area contributed by atoms with Crippen LogP contribution in [0.4, 0.5) is 5.69 Å². The number of thiocarbonyl (C=S) groups is 1. The third kappa shape index (κ3) is 3.87. The Labute approximate surface area is 197 Å². The third-order valence-electron chi connectivity index (χ3n) is 5.76. The molecule has 0 spiro atoms. The van der Waals surface area contributed by atoms with Crippen molar-refractivity contribution in [1.29, 1.82) is 0 Å². The first-order valence-corrected chi connectivity index (χ1v) is 11.0. The van der Waals surface area contributed by atoms with Gasteiger partial charge in [-0.3, -0.25) is 4.98 Å². The second-order valence-corrected chi connectivity index (χ2v) is 8.06. The van der Waals surface area contributed by atoms with E-state index in [1.54, 1.807) is 12.3 Å². The van der Waals surface area contributed by atoms with Crippen LogP contribution in [0.5, 0.6) is 0 Å². The van der Waals surface area contributed by atoms with Crippen LogP contribution in [0.1, 0.15) is 33.8 Å². The van der Waals surface area contributed by atoms with Gasteiger partial charge in [-0.25, -0.2) is 4.79 Å². The molecular formula is C26H22N4O2S. The molecule has 2 aromatic heterocycles. The van der Waals surface area contributed by atoms with Crippen molar-refractivity contribution in [2.24, 2.45) is 0 Å². The Kier molecular flexibility index (Phi) is 5.62. The molecule has 0 radical (unpaired) electrons. The van der Waals surface area contributed by atoms with E-state index < -0.39 is 0 Å². The van der Waals surface area contributed by atoms with Crippen LogP contribution in [0.2, 0.25) is 0 Å². The van der Waals surface area contributed by atoms with Gasteiger partial charge in [0, 0.05) is 29.5 Å². The number of esters is 1. The van der Waals surface area contributed by atoms with Crippen LogP contribution in [0.15, 0.2) is 97.3 Å². The third-order valence-corrected chi connectivity index (χ3v) is 6.08. The number of anilines is 1. The number of para-hydroxylation sites is 1. The van der Waals surface area contributed by atoms with Crippen molar-refractivity contribution in [2.45, 2.75) is 12.1 Å². The maximum absolute atomic E-state index is 12.1. The molecule has 0 aliphatic carbocycles. The molecule has 4 aromatic rings. The van der Waals surface area contributed by atoms with E-state index in [1.165, 1.54) is 7.11 Å². The number of benzene rings is 2. The number of nitrogens with zero attached hydrogens (tertiary/aromatic N) is 3. The number of carbonyl (C=O) groups is 1. The molecule has 2 aromatic carbocycles. The molecule has 3 heterocycles. The molecule has 1 N–H and O–H groups in total. The topological polar surface area (TPSA) is 59.4 Å². The summed E-state index contributed by atoms with van der Waals surface area (Å²) in [5, 5.41) is 4.12. The zero-order valence-corrected chi connectivity index (χ0v) is 18.8. The van der Waals surface area contributed by atoms with Gasteiger partial charge in [-0.2, -0.15) is 0 Å². The van der Waals surface area contributed by atoms with Gasteiger partial charge in [0.25, 0.3) is 0 Å². The largest absolute Gasteiger partial charge is 0.465 e. The van der Waals surface area contributed by atoms with E-state index in [1.807, 2.05) is 79.0 Å². The number of ether oxygens (including phenoxy) is 1.